The van der Waals surface area contributed by atoms with E-state index in [-0.39, 0.29) is 5.56 Å². The van der Waals surface area contributed by atoms with Gasteiger partial charge in [0.25, 0.3) is 5.91 Å². The van der Waals surface area contributed by atoms with Crippen molar-refractivity contribution >= 4 is 11.9 Å². The molecule has 0 saturated carbocycles. The fourth-order valence-corrected chi connectivity index (χ4v) is 1.39. The van der Waals surface area contributed by atoms with Gasteiger partial charge in [-0.1, -0.05) is 12.1 Å². The van der Waals surface area contributed by atoms with Gasteiger partial charge >= 0.3 is 5.97 Å². The molecule has 0 heterocycles. The van der Waals surface area contributed by atoms with Crippen LogP contribution in [0.25, 0.3) is 0 Å². The lowest BCUT2D eigenvalue weighted by Gasteiger charge is -2.31. The third-order valence-electron chi connectivity index (χ3n) is 3.09. The number of carbonyl (C=O) groups excluding carboxylic acids is 1. The summed E-state index contributed by atoms with van der Waals surface area (Å²) in [6, 6.07) is 4.46. The minimum Gasteiger partial charge on any atom is -0.480 e. The topological polar surface area (TPSA) is 57.6 Å². The maximum atomic E-state index is 13.8. The molecule has 98 valence electrons. The molecule has 1 aromatic carbocycles. The maximum Gasteiger partial charge on any atom is 0.329 e. The predicted octanol–water partition coefficient (Wildman–Crippen LogP) is 2.07. The molecule has 1 amide bonds. The van der Waals surface area contributed by atoms with E-state index in [1.165, 1.54) is 27.0 Å². The van der Waals surface area contributed by atoms with Crippen LogP contribution in [0.5, 0.6) is 0 Å². The van der Waals surface area contributed by atoms with Gasteiger partial charge in [0.1, 0.15) is 11.4 Å². The Kier molecular flexibility index (Phi) is 3.74. The molecule has 1 rings (SSSR count). The molecule has 1 N–H and O–H groups in total. The number of halogens is 1. The second-order valence-corrected chi connectivity index (χ2v) is 4.66. The number of amides is 1. The van der Waals surface area contributed by atoms with Gasteiger partial charge in [0.15, 0.2) is 0 Å². The number of carbonyl (C=O) groups is 2. The number of hydrogen-bond acceptors (Lipinski definition) is 2. The molecular weight excluding hydrogens is 237 g/mol. The highest BCUT2D eigenvalue weighted by Gasteiger charge is 2.36. The number of aliphatic carboxylic acids is 1. The summed E-state index contributed by atoms with van der Waals surface area (Å²) < 4.78 is 13.8. The van der Waals surface area contributed by atoms with Gasteiger partial charge in [-0.05, 0) is 32.4 Å². The summed E-state index contributed by atoms with van der Waals surface area (Å²) in [5.74, 6) is -2.41. The smallest absolute Gasteiger partial charge is 0.329 e. The van der Waals surface area contributed by atoms with Crippen LogP contribution in [0.4, 0.5) is 4.39 Å². The minimum absolute atomic E-state index is 0.119. The summed E-state index contributed by atoms with van der Waals surface area (Å²) in [4.78, 5) is 24.2. The van der Waals surface area contributed by atoms with E-state index in [0.29, 0.717) is 5.56 Å². The monoisotopic (exact) mass is 253 g/mol. The minimum atomic E-state index is -1.40. The molecule has 4 nitrogen and oxygen atoms in total. The van der Waals surface area contributed by atoms with Crippen LogP contribution in [-0.4, -0.2) is 34.5 Å². The molecule has 0 spiro atoms. The Morgan fingerprint density at radius 1 is 1.33 bits per heavy atom. The number of aryl methyl sites for hydroxylation is 1. The number of hydrogen-bond donors (Lipinski definition) is 1. The fourth-order valence-electron chi connectivity index (χ4n) is 1.39. The van der Waals surface area contributed by atoms with E-state index in [4.69, 9.17) is 5.11 Å². The molecule has 18 heavy (non-hydrogen) atoms. The number of likely N-dealkylation sites (N-methyl/N-ethyl adjacent to an activating group) is 1. The van der Waals surface area contributed by atoms with E-state index in [1.807, 2.05) is 0 Å². The molecule has 0 atom stereocenters. The Morgan fingerprint density at radius 2 is 1.89 bits per heavy atom. The van der Waals surface area contributed by atoms with Gasteiger partial charge in [-0.15, -0.1) is 0 Å². The summed E-state index contributed by atoms with van der Waals surface area (Å²) in [7, 11) is 1.35. The standard InChI is InChI=1S/C13H16FNO3/c1-8-6-5-7-9(10(8)14)11(16)15(4)13(2,3)12(17)18/h5-7H,1-4H3,(H,17,18). The van der Waals surface area contributed by atoms with Crippen molar-refractivity contribution in [1.82, 2.24) is 4.90 Å². The van der Waals surface area contributed by atoms with Crippen molar-refractivity contribution in [2.45, 2.75) is 26.3 Å². The van der Waals surface area contributed by atoms with Crippen molar-refractivity contribution in [3.05, 3.63) is 35.1 Å². The first-order chi connectivity index (χ1) is 8.19. The average molecular weight is 253 g/mol. The first-order valence-corrected chi connectivity index (χ1v) is 5.46. The number of carboxylic acid groups (broad SMARTS) is 1. The highest BCUT2D eigenvalue weighted by atomic mass is 19.1. The summed E-state index contributed by atoms with van der Waals surface area (Å²) in [5, 5.41) is 9.04. The first-order valence-electron chi connectivity index (χ1n) is 5.46. The van der Waals surface area contributed by atoms with Crippen LogP contribution in [0.1, 0.15) is 29.8 Å². The number of carboxylic acids is 1. The van der Waals surface area contributed by atoms with E-state index < -0.39 is 23.2 Å². The molecule has 0 radical (unpaired) electrons. The van der Waals surface area contributed by atoms with Crippen molar-refractivity contribution in [3.8, 4) is 0 Å². The van der Waals surface area contributed by atoms with Crippen LogP contribution >= 0.6 is 0 Å². The lowest BCUT2D eigenvalue weighted by atomic mass is 10.0. The van der Waals surface area contributed by atoms with Crippen molar-refractivity contribution in [2.75, 3.05) is 7.05 Å². The molecule has 1 aromatic rings. The first kappa shape index (κ1) is 14.2. The van der Waals surface area contributed by atoms with E-state index in [0.717, 1.165) is 4.90 Å². The Bertz CT molecular complexity index is 497. The highest BCUT2D eigenvalue weighted by Crippen LogP contribution is 2.19. The van der Waals surface area contributed by atoms with Gasteiger partial charge in [0.2, 0.25) is 0 Å². The van der Waals surface area contributed by atoms with Gasteiger partial charge in [0.05, 0.1) is 5.56 Å². The summed E-state index contributed by atoms with van der Waals surface area (Å²) in [5.41, 5.74) is -1.16. The lowest BCUT2D eigenvalue weighted by Crippen LogP contribution is -2.51. The molecule has 0 aliphatic carbocycles. The zero-order chi connectivity index (χ0) is 14.1. The average Bonchev–Trinajstić information content (AvgIpc) is 2.30. The maximum absolute atomic E-state index is 13.8. The van der Waals surface area contributed by atoms with Crippen molar-refractivity contribution in [3.63, 3.8) is 0 Å². The van der Waals surface area contributed by atoms with Crippen molar-refractivity contribution < 1.29 is 19.1 Å². The third kappa shape index (κ3) is 2.34. The predicted molar refractivity (Wildman–Crippen MR) is 64.9 cm³/mol. The fraction of sp³-hybridized carbons (Fsp3) is 0.385. The van der Waals surface area contributed by atoms with Gasteiger partial charge < -0.3 is 10.0 Å². The Labute approximate surface area is 105 Å². The van der Waals surface area contributed by atoms with Crippen molar-refractivity contribution in [1.29, 1.82) is 0 Å². The van der Waals surface area contributed by atoms with E-state index in [2.05, 4.69) is 0 Å². The highest BCUT2D eigenvalue weighted by molar-refractivity contribution is 5.97. The normalized spacial score (nSPS) is 11.2. The van der Waals surface area contributed by atoms with Crippen molar-refractivity contribution in [2.24, 2.45) is 0 Å². The molecule has 0 aromatic heterocycles. The summed E-state index contributed by atoms with van der Waals surface area (Å²) in [6.45, 7) is 4.33. The molecular formula is C13H16FNO3. The Balaban J connectivity index is 3.16. The van der Waals surface area contributed by atoms with Crippen LogP contribution in [0, 0.1) is 12.7 Å². The largest absolute Gasteiger partial charge is 0.480 e. The molecule has 0 aliphatic rings. The number of nitrogens with zero attached hydrogens (tertiary/aromatic N) is 1. The Morgan fingerprint density at radius 3 is 2.39 bits per heavy atom. The lowest BCUT2D eigenvalue weighted by molar-refractivity contribution is -0.147. The molecule has 0 saturated heterocycles. The van der Waals surface area contributed by atoms with E-state index >= 15 is 0 Å². The molecule has 0 bridgehead atoms. The third-order valence-corrected chi connectivity index (χ3v) is 3.09. The van der Waals surface area contributed by atoms with E-state index in [9.17, 15) is 14.0 Å². The summed E-state index contributed by atoms with van der Waals surface area (Å²) >= 11 is 0. The number of rotatable bonds is 3. The van der Waals surface area contributed by atoms with E-state index in [1.54, 1.807) is 19.1 Å². The van der Waals surface area contributed by atoms with Gasteiger partial charge in [-0.3, -0.25) is 4.79 Å². The van der Waals surface area contributed by atoms with Gasteiger partial charge in [0, 0.05) is 7.05 Å². The molecule has 5 heteroatoms. The van der Waals surface area contributed by atoms with Crippen LogP contribution in [0.15, 0.2) is 18.2 Å². The SMILES string of the molecule is Cc1cccc(C(=O)N(C)C(C)(C)C(=O)O)c1F. The van der Waals surface area contributed by atoms with Crippen LogP contribution in [0.2, 0.25) is 0 Å². The number of benzene rings is 1. The quantitative estimate of drug-likeness (QED) is 0.897. The van der Waals surface area contributed by atoms with Crippen LogP contribution in [0.3, 0.4) is 0 Å². The van der Waals surface area contributed by atoms with Gasteiger partial charge in [-0.2, -0.15) is 0 Å². The molecule has 0 unspecified atom stereocenters. The van der Waals surface area contributed by atoms with Crippen LogP contribution in [-0.2, 0) is 4.79 Å². The second-order valence-electron chi connectivity index (χ2n) is 4.66. The zero-order valence-corrected chi connectivity index (χ0v) is 10.8. The zero-order valence-electron chi connectivity index (χ0n) is 10.8. The molecule has 0 aliphatic heterocycles. The summed E-state index contributed by atoms with van der Waals surface area (Å²) in [6.07, 6.45) is 0. The van der Waals surface area contributed by atoms with Crippen LogP contribution < -0.4 is 0 Å². The van der Waals surface area contributed by atoms with Gasteiger partial charge in [-0.25, -0.2) is 9.18 Å². The Hall–Kier alpha value is -1.91. The molecule has 0 fully saturated rings. The second kappa shape index (κ2) is 4.76.